The van der Waals surface area contributed by atoms with Crippen LogP contribution in [0.25, 0.3) is 0 Å². The van der Waals surface area contributed by atoms with Gasteiger partial charge in [-0.1, -0.05) is 0 Å². The molecule has 0 aliphatic heterocycles. The third-order valence-electron chi connectivity index (χ3n) is 0.333. The second kappa shape index (κ2) is 3.13. The van der Waals surface area contributed by atoms with Crippen LogP contribution in [0.4, 0.5) is 0 Å². The summed E-state index contributed by atoms with van der Waals surface area (Å²) in [7, 11) is 0. The molecular formula is C2H6B2. The maximum absolute atomic E-state index is 2.00. The second-order valence-corrected chi connectivity index (χ2v) is 0.667. The molecule has 0 bridgehead atoms. The van der Waals surface area contributed by atoms with Crippen molar-refractivity contribution in [1.29, 1.82) is 0 Å². The topological polar surface area (TPSA) is 0 Å². The zero-order valence-electron chi connectivity index (χ0n) is 3.15. The van der Waals surface area contributed by atoms with E-state index in [4.69, 9.17) is 0 Å². The van der Waals surface area contributed by atoms with Gasteiger partial charge in [0.15, 0.2) is 0 Å². The standard InChI is InChI=1S/C2H6B2/c1-3-4-2/h1-2H3. The molecule has 0 N–H and O–H groups in total. The first-order valence-corrected chi connectivity index (χ1v) is 1.49. The van der Waals surface area contributed by atoms with Crippen LogP contribution in [0.5, 0.6) is 0 Å². The van der Waals surface area contributed by atoms with Gasteiger partial charge in [-0.2, -0.15) is 0 Å². The number of rotatable bonds is 0. The van der Waals surface area contributed by atoms with Crippen LogP contribution in [0, 0.1) is 0 Å². The molecule has 0 heterocycles. The number of hydrogen-bond acceptors (Lipinski definition) is 0. The predicted molar refractivity (Wildman–Crippen MR) is 23.2 cm³/mol. The van der Waals surface area contributed by atoms with Crippen LogP contribution in [0.1, 0.15) is 0 Å². The fourth-order valence-corrected chi connectivity index (χ4v) is 0. The van der Waals surface area contributed by atoms with Crippen molar-refractivity contribution in [2.24, 2.45) is 0 Å². The van der Waals surface area contributed by atoms with Gasteiger partial charge >= 0.3 is 27.2 Å². The molecule has 0 unspecified atom stereocenters. The van der Waals surface area contributed by atoms with E-state index in [1.807, 2.05) is 27.2 Å². The third-order valence-corrected chi connectivity index (χ3v) is 0.333. The summed E-state index contributed by atoms with van der Waals surface area (Å²) in [6.07, 6.45) is 0. The molecule has 4 heavy (non-hydrogen) atoms. The van der Waals surface area contributed by atoms with Crippen molar-refractivity contribution in [3.63, 3.8) is 0 Å². The molecule has 0 aliphatic rings. The Kier molecular flexibility index (Phi) is 3.23. The van der Waals surface area contributed by atoms with E-state index in [1.54, 1.807) is 0 Å². The summed E-state index contributed by atoms with van der Waals surface area (Å²) < 4.78 is 0. The Morgan fingerprint density at radius 2 is 1.25 bits per heavy atom. The van der Waals surface area contributed by atoms with E-state index in [1.165, 1.54) is 0 Å². The molecule has 0 fully saturated rings. The maximum atomic E-state index is 2.00. The minimum atomic E-state index is 2.00. The molecule has 0 nitrogen and oxygen atoms in total. The van der Waals surface area contributed by atoms with E-state index in [0.717, 1.165) is 0 Å². The second-order valence-electron chi connectivity index (χ2n) is 0.667. The molecule has 0 atom stereocenters. The Hall–Kier alpha value is 0.130. The molecule has 0 saturated heterocycles. The molecule has 0 spiro atoms. The van der Waals surface area contributed by atoms with Gasteiger partial charge in [0.1, 0.15) is 0 Å². The summed E-state index contributed by atoms with van der Waals surface area (Å²) in [4.78, 5) is 0. The van der Waals surface area contributed by atoms with Crippen molar-refractivity contribution in [3.8, 4) is 0 Å². The van der Waals surface area contributed by atoms with Crippen LogP contribution in [-0.4, -0.2) is 13.6 Å². The predicted octanol–water partition coefficient (Wildman–Crippen LogP) is 0.406. The van der Waals surface area contributed by atoms with Gasteiger partial charge in [0.05, 0.1) is 0 Å². The van der Waals surface area contributed by atoms with Crippen LogP contribution in [0.2, 0.25) is 13.6 Å². The van der Waals surface area contributed by atoms with Crippen LogP contribution >= 0.6 is 0 Å². The van der Waals surface area contributed by atoms with Crippen LogP contribution in [0.3, 0.4) is 0 Å². The van der Waals surface area contributed by atoms with Crippen LogP contribution in [-0.2, 0) is 0 Å². The van der Waals surface area contributed by atoms with E-state index < -0.39 is 0 Å². The van der Waals surface area contributed by atoms with E-state index in [2.05, 4.69) is 0 Å². The SMILES string of the molecule is C/B=B/C. The molecule has 0 amide bonds. The van der Waals surface area contributed by atoms with Crippen molar-refractivity contribution in [2.45, 2.75) is 13.6 Å². The van der Waals surface area contributed by atoms with Crippen molar-refractivity contribution in [3.05, 3.63) is 0 Å². The summed E-state index contributed by atoms with van der Waals surface area (Å²) in [6, 6.07) is 0. The molecule has 2 heteroatoms. The molecule has 0 radical (unpaired) electrons. The monoisotopic (exact) mass is 52.1 g/mol. The van der Waals surface area contributed by atoms with Gasteiger partial charge in [0.2, 0.25) is 0 Å². The molecule has 0 aliphatic carbocycles. The summed E-state index contributed by atoms with van der Waals surface area (Å²) in [6.45, 7) is 8.00. The van der Waals surface area contributed by atoms with Gasteiger partial charge in [-0.3, -0.25) is 0 Å². The normalized spacial score (nSPS) is 5.50. The van der Waals surface area contributed by atoms with E-state index in [-0.39, 0.29) is 0 Å². The first-order valence-electron chi connectivity index (χ1n) is 1.49. The van der Waals surface area contributed by atoms with Gasteiger partial charge in [0.25, 0.3) is 0 Å². The zero-order valence-corrected chi connectivity index (χ0v) is 3.15. The van der Waals surface area contributed by atoms with Gasteiger partial charge in [-0.25, -0.2) is 0 Å². The molecule has 0 aromatic rings. The zero-order chi connectivity index (χ0) is 3.41. The summed E-state index contributed by atoms with van der Waals surface area (Å²) in [5.74, 6) is 0. The summed E-state index contributed by atoms with van der Waals surface area (Å²) in [5.41, 5.74) is 0. The molecule has 0 aromatic carbocycles. The fourth-order valence-electron chi connectivity index (χ4n) is 0. The Morgan fingerprint density at radius 1 is 1.00 bits per heavy atom. The average molecular weight is 51.7 g/mol. The number of hydrogen-bond donors (Lipinski definition) is 0. The first kappa shape index (κ1) is 4.13. The van der Waals surface area contributed by atoms with Crippen LogP contribution < -0.4 is 0 Å². The van der Waals surface area contributed by atoms with Crippen molar-refractivity contribution < 1.29 is 0 Å². The van der Waals surface area contributed by atoms with Gasteiger partial charge < -0.3 is 0 Å². The fraction of sp³-hybridized carbons (Fsp3) is 1.00. The Labute approximate surface area is 28.3 Å². The van der Waals surface area contributed by atoms with Gasteiger partial charge in [-0.15, -0.1) is 0 Å². The first-order chi connectivity index (χ1) is 1.91. The molecule has 20 valence electrons. The Bertz CT molecular complexity index is 19.2. The molecule has 0 saturated carbocycles. The van der Waals surface area contributed by atoms with Crippen LogP contribution in [0.15, 0.2) is 0 Å². The average Bonchev–Trinajstić information content (AvgIpc) is 1.37. The Balaban J connectivity index is 2.55. The third kappa shape index (κ3) is 2.13. The van der Waals surface area contributed by atoms with Gasteiger partial charge in [0, 0.05) is 0 Å². The van der Waals surface area contributed by atoms with Gasteiger partial charge in [-0.05, 0) is 0 Å². The Morgan fingerprint density at radius 3 is 1.25 bits per heavy atom. The van der Waals surface area contributed by atoms with E-state index >= 15 is 0 Å². The minimum absolute atomic E-state index is 2.00. The molecular weight excluding hydrogens is 45.6 g/mol. The molecule has 0 rings (SSSR count). The van der Waals surface area contributed by atoms with Crippen molar-refractivity contribution >= 4 is 13.6 Å². The van der Waals surface area contributed by atoms with Crippen molar-refractivity contribution in [1.82, 2.24) is 0 Å². The summed E-state index contributed by atoms with van der Waals surface area (Å²) in [5, 5.41) is 0. The molecule has 0 aromatic heterocycles. The van der Waals surface area contributed by atoms with Crippen molar-refractivity contribution in [2.75, 3.05) is 0 Å². The quantitative estimate of drug-likeness (QED) is 0.350. The van der Waals surface area contributed by atoms with E-state index in [9.17, 15) is 0 Å². The van der Waals surface area contributed by atoms with E-state index in [0.29, 0.717) is 0 Å². The summed E-state index contributed by atoms with van der Waals surface area (Å²) >= 11 is 0.